The topological polar surface area (TPSA) is 307 Å². The van der Waals surface area contributed by atoms with Gasteiger partial charge in [0.15, 0.2) is 18.9 Å². The van der Waals surface area contributed by atoms with Crippen LogP contribution in [0.5, 0.6) is 0 Å². The molecule has 3 saturated heterocycles. The smallest absolute Gasteiger partial charge is 0.220 e. The first-order valence-corrected chi connectivity index (χ1v) is 41.2. The van der Waals surface area contributed by atoms with Crippen molar-refractivity contribution in [2.45, 2.75) is 420 Å². The summed E-state index contributed by atoms with van der Waals surface area (Å²) in [5.41, 5.74) is 0. The number of amides is 1. The molecule has 3 aliphatic rings. The van der Waals surface area contributed by atoms with Gasteiger partial charge in [0.25, 0.3) is 0 Å². The average molecular weight is 1450 g/mol. The molecule has 12 N–H and O–H groups in total. The fourth-order valence-corrected chi connectivity index (χ4v) is 13.7. The molecule has 0 saturated carbocycles. The molecule has 0 radical (unpaired) electrons. The Kier molecular flexibility index (Phi) is 57.9. The summed E-state index contributed by atoms with van der Waals surface area (Å²) in [6.07, 6.45) is 56.0. The number of aliphatic hydroxyl groups excluding tert-OH is 11. The van der Waals surface area contributed by atoms with Gasteiger partial charge in [-0.25, -0.2) is 0 Å². The molecule has 0 spiro atoms. The maximum absolute atomic E-state index is 13.5. The minimum Gasteiger partial charge on any atom is -0.394 e. The fraction of sp³-hybridized carbons (Fsp3) is 0.843. The van der Waals surface area contributed by atoms with Gasteiger partial charge in [-0.15, -0.1) is 0 Å². The maximum atomic E-state index is 13.5. The minimum atomic E-state index is -1.98. The monoisotopic (exact) mass is 1450 g/mol. The zero-order chi connectivity index (χ0) is 73.9. The Labute approximate surface area is 617 Å². The quantitative estimate of drug-likeness (QED) is 0.0199. The van der Waals surface area contributed by atoms with E-state index < -0.39 is 124 Å². The Bertz CT molecular complexity index is 2120. The number of carbonyl (C=O) groups is 1. The van der Waals surface area contributed by atoms with Gasteiger partial charge < -0.3 is 89.9 Å². The van der Waals surface area contributed by atoms with E-state index in [0.717, 1.165) is 89.9 Å². The third-order valence-corrected chi connectivity index (χ3v) is 20.3. The molecule has 19 nitrogen and oxygen atoms in total. The maximum Gasteiger partial charge on any atom is 0.220 e. The van der Waals surface area contributed by atoms with Gasteiger partial charge in [0.1, 0.15) is 73.2 Å². The molecular weight excluding hydrogens is 1300 g/mol. The van der Waals surface area contributed by atoms with Crippen molar-refractivity contribution in [1.29, 1.82) is 0 Å². The molecule has 102 heavy (non-hydrogen) atoms. The summed E-state index contributed by atoms with van der Waals surface area (Å²) >= 11 is 0. The summed E-state index contributed by atoms with van der Waals surface area (Å²) in [6, 6.07) is -0.983. The number of unbranched alkanes of at least 4 members (excludes halogenated alkanes) is 39. The van der Waals surface area contributed by atoms with Gasteiger partial charge >= 0.3 is 0 Å². The first kappa shape index (κ1) is 93.4. The molecule has 3 aliphatic heterocycles. The SMILES string of the molecule is CC/C=C\C/C=C\C/C=C\C/C=C\C/C=C\CCCCCCCCCCCC(=O)NC(COC1OC(CO)C(OC2OC(CO)C(OC3OC(CO)C(O)C(O)C3O)C(O)C2O)C(O)C1O)C(O)/C=C/CCCCCCCCCCCCCCCCCCCCCCCCCCCCCCCC. The first-order valence-electron chi connectivity index (χ1n) is 41.2. The van der Waals surface area contributed by atoms with E-state index in [1.54, 1.807) is 6.08 Å². The standard InChI is InChI=1S/C83H149NO18/c1-3-5-7-9-11-13-15-17-19-21-23-25-27-29-30-31-32-33-34-35-37-38-40-42-44-46-48-50-52-54-56-58-60-67(88)66(84-71(89)61-59-57-55-53-51-49-47-45-43-41-39-36-28-26-24-22-20-18-16-14-12-10-8-6-4-2)65-97-81-77(95)74(92)79(69(63-86)99-81)102-83-78(96)75(93)80(70(64-87)100-83)101-82-76(94)73(91)72(90)68(62-85)98-82/h6,8,12,14,18,20,24,26,36,39,58,60,66-70,72-83,85-88,90-96H,3-5,7,9-11,13,15-17,19,21-23,25,27-35,37-38,40-57,59,61-65H2,1-2H3,(H,84,89)/b8-6-,14-12-,20-18-,26-24-,39-36-,60-58+. The van der Waals surface area contributed by atoms with Crippen LogP contribution in [0.3, 0.4) is 0 Å². The average Bonchev–Trinajstić information content (AvgIpc) is 0.781. The van der Waals surface area contributed by atoms with Gasteiger partial charge in [-0.05, 0) is 64.2 Å². The van der Waals surface area contributed by atoms with E-state index in [9.17, 15) is 61.0 Å². The van der Waals surface area contributed by atoms with Gasteiger partial charge in [-0.1, -0.05) is 318 Å². The Balaban J connectivity index is 1.37. The van der Waals surface area contributed by atoms with Crippen LogP contribution < -0.4 is 5.32 Å². The summed E-state index contributed by atoms with van der Waals surface area (Å²) in [5.74, 6) is -0.281. The van der Waals surface area contributed by atoms with Crippen molar-refractivity contribution < 1.29 is 89.4 Å². The van der Waals surface area contributed by atoms with Crippen LogP contribution in [0.4, 0.5) is 0 Å². The molecule has 0 bridgehead atoms. The number of carbonyl (C=O) groups excluding carboxylic acids is 1. The highest BCUT2D eigenvalue weighted by atomic mass is 16.8. The summed E-state index contributed by atoms with van der Waals surface area (Å²) in [4.78, 5) is 13.5. The number of hydrogen-bond donors (Lipinski definition) is 12. The molecule has 17 unspecified atom stereocenters. The Hall–Kier alpha value is -2.77. The van der Waals surface area contributed by atoms with E-state index in [4.69, 9.17) is 28.4 Å². The molecule has 1 amide bonds. The molecule has 0 aromatic heterocycles. The van der Waals surface area contributed by atoms with Crippen molar-refractivity contribution in [3.63, 3.8) is 0 Å². The molecule has 3 heterocycles. The number of nitrogens with one attached hydrogen (secondary N) is 1. The highest BCUT2D eigenvalue weighted by molar-refractivity contribution is 5.76. The molecule has 0 aromatic rings. The van der Waals surface area contributed by atoms with E-state index in [2.05, 4.69) is 79.9 Å². The van der Waals surface area contributed by atoms with Crippen LogP contribution in [0.1, 0.15) is 316 Å². The van der Waals surface area contributed by atoms with Gasteiger partial charge in [0, 0.05) is 6.42 Å². The minimum absolute atomic E-state index is 0.233. The lowest BCUT2D eigenvalue weighted by molar-refractivity contribution is -0.379. The lowest BCUT2D eigenvalue weighted by Gasteiger charge is -2.48. The van der Waals surface area contributed by atoms with Crippen molar-refractivity contribution >= 4 is 5.91 Å². The second-order valence-electron chi connectivity index (χ2n) is 29.2. The highest BCUT2D eigenvalue weighted by Crippen LogP contribution is 2.33. The second-order valence-corrected chi connectivity index (χ2v) is 29.2. The Morgan fingerprint density at radius 2 is 0.676 bits per heavy atom. The van der Waals surface area contributed by atoms with Crippen LogP contribution in [-0.2, 0) is 33.2 Å². The van der Waals surface area contributed by atoms with Crippen LogP contribution in [0.15, 0.2) is 72.9 Å². The number of ether oxygens (including phenoxy) is 6. The van der Waals surface area contributed by atoms with Gasteiger partial charge in [0.05, 0.1) is 38.6 Å². The Morgan fingerprint density at radius 1 is 0.363 bits per heavy atom. The van der Waals surface area contributed by atoms with Crippen molar-refractivity contribution in [3.05, 3.63) is 72.9 Å². The van der Waals surface area contributed by atoms with Crippen LogP contribution in [0, 0.1) is 0 Å². The molecular formula is C83H149NO18. The van der Waals surface area contributed by atoms with Crippen LogP contribution in [0.2, 0.25) is 0 Å². The van der Waals surface area contributed by atoms with E-state index in [-0.39, 0.29) is 18.9 Å². The molecule has 0 aliphatic carbocycles. The fourth-order valence-electron chi connectivity index (χ4n) is 13.7. The highest BCUT2D eigenvalue weighted by Gasteiger charge is 2.54. The molecule has 17 atom stereocenters. The zero-order valence-corrected chi connectivity index (χ0v) is 63.6. The van der Waals surface area contributed by atoms with Crippen molar-refractivity contribution in [2.24, 2.45) is 0 Å². The first-order chi connectivity index (χ1) is 49.8. The van der Waals surface area contributed by atoms with Crippen LogP contribution in [0.25, 0.3) is 0 Å². The molecule has 3 fully saturated rings. The van der Waals surface area contributed by atoms with Gasteiger partial charge in [-0.3, -0.25) is 4.79 Å². The summed E-state index contributed by atoms with van der Waals surface area (Å²) in [7, 11) is 0. The number of allylic oxidation sites excluding steroid dienone is 11. The largest absolute Gasteiger partial charge is 0.394 e. The number of aliphatic hydroxyl groups is 11. The number of rotatable bonds is 65. The summed E-state index contributed by atoms with van der Waals surface area (Å²) in [6.45, 7) is 1.65. The van der Waals surface area contributed by atoms with Gasteiger partial charge in [-0.2, -0.15) is 0 Å². The number of hydrogen-bond acceptors (Lipinski definition) is 18. The third-order valence-electron chi connectivity index (χ3n) is 20.3. The van der Waals surface area contributed by atoms with Crippen molar-refractivity contribution in [2.75, 3.05) is 26.4 Å². The van der Waals surface area contributed by atoms with Crippen LogP contribution in [-0.4, -0.2) is 193 Å². The second kappa shape index (κ2) is 63.2. The molecule has 3 rings (SSSR count). The van der Waals surface area contributed by atoms with E-state index in [0.29, 0.717) is 6.42 Å². The summed E-state index contributed by atoms with van der Waals surface area (Å²) < 4.78 is 34.5. The van der Waals surface area contributed by atoms with Crippen molar-refractivity contribution in [1.82, 2.24) is 5.32 Å². The zero-order valence-electron chi connectivity index (χ0n) is 63.6. The predicted octanol–water partition coefficient (Wildman–Crippen LogP) is 14.0. The third kappa shape index (κ3) is 42.7. The predicted molar refractivity (Wildman–Crippen MR) is 406 cm³/mol. The molecule has 0 aromatic carbocycles. The normalized spacial score (nSPS) is 26.5. The molecule has 19 heteroatoms. The van der Waals surface area contributed by atoms with E-state index >= 15 is 0 Å². The van der Waals surface area contributed by atoms with Crippen molar-refractivity contribution in [3.8, 4) is 0 Å². The lowest BCUT2D eigenvalue weighted by atomic mass is 9.96. The van der Waals surface area contributed by atoms with Crippen LogP contribution >= 0.6 is 0 Å². The lowest BCUT2D eigenvalue weighted by Crippen LogP contribution is -2.66. The Morgan fingerprint density at radius 3 is 1.06 bits per heavy atom. The summed E-state index contributed by atoms with van der Waals surface area (Å²) in [5, 5.41) is 121. The van der Waals surface area contributed by atoms with Gasteiger partial charge in [0.2, 0.25) is 5.91 Å². The van der Waals surface area contributed by atoms with E-state index in [1.165, 1.54) is 199 Å². The van der Waals surface area contributed by atoms with E-state index in [1.807, 2.05) is 6.08 Å². The molecule has 594 valence electrons.